The van der Waals surface area contributed by atoms with Crippen LogP contribution in [0.25, 0.3) is 5.57 Å². The van der Waals surface area contributed by atoms with Crippen molar-refractivity contribution in [1.82, 2.24) is 9.97 Å². The maximum Gasteiger partial charge on any atom is 0.254 e. The van der Waals surface area contributed by atoms with Crippen molar-refractivity contribution in [3.63, 3.8) is 0 Å². The van der Waals surface area contributed by atoms with Gasteiger partial charge in [0.25, 0.3) is 5.56 Å². The molecule has 0 radical (unpaired) electrons. The van der Waals surface area contributed by atoms with E-state index in [1.54, 1.807) is 0 Å². The fraction of sp³-hybridized carbons (Fsp3) is 0.538. The first-order valence-electron chi connectivity index (χ1n) is 6.37. The van der Waals surface area contributed by atoms with Crippen LogP contribution in [0.3, 0.4) is 0 Å². The highest BCUT2D eigenvalue weighted by Crippen LogP contribution is 2.42. The Labute approximate surface area is 109 Å². The average Bonchev–Trinajstić information content (AvgIpc) is 2.94. The summed E-state index contributed by atoms with van der Waals surface area (Å²) in [4.78, 5) is 18.4. The van der Waals surface area contributed by atoms with Crippen molar-refractivity contribution in [2.24, 2.45) is 11.8 Å². The second-order valence-electron chi connectivity index (χ2n) is 5.19. The fourth-order valence-corrected chi connectivity index (χ4v) is 3.12. The molecule has 1 saturated carbocycles. The van der Waals surface area contributed by atoms with Crippen LogP contribution >= 0.6 is 0 Å². The molecule has 4 atom stereocenters. The summed E-state index contributed by atoms with van der Waals surface area (Å²) in [5.41, 5.74) is 1.86. The van der Waals surface area contributed by atoms with Gasteiger partial charge in [-0.15, -0.1) is 0 Å². The van der Waals surface area contributed by atoms with Crippen molar-refractivity contribution in [3.05, 3.63) is 34.0 Å². The number of rotatable bonds is 2. The minimum Gasteiger partial charge on any atom is -0.396 e. The summed E-state index contributed by atoms with van der Waals surface area (Å²) in [6, 6.07) is 0. The summed E-state index contributed by atoms with van der Waals surface area (Å²) in [7, 11) is 0. The summed E-state index contributed by atoms with van der Waals surface area (Å²) in [5.74, 6) is -0.602. The molecule has 6 heteroatoms. The van der Waals surface area contributed by atoms with Gasteiger partial charge in [-0.1, -0.05) is 6.08 Å². The number of H-pyrrole nitrogens is 1. The van der Waals surface area contributed by atoms with Gasteiger partial charge in [-0.25, -0.2) is 4.98 Å². The monoisotopic (exact) mass is 264 g/mol. The maximum atomic E-state index is 11.7. The van der Waals surface area contributed by atoms with Crippen molar-refractivity contribution in [1.29, 1.82) is 0 Å². The number of aliphatic hydroxyl groups excluding tert-OH is 3. The Balaban J connectivity index is 1.95. The Bertz CT molecular complexity index is 580. The van der Waals surface area contributed by atoms with Gasteiger partial charge in [0.15, 0.2) is 0 Å². The van der Waals surface area contributed by atoms with Crippen LogP contribution in [-0.4, -0.2) is 44.1 Å². The largest absolute Gasteiger partial charge is 0.396 e. The van der Waals surface area contributed by atoms with Gasteiger partial charge >= 0.3 is 0 Å². The minimum absolute atomic E-state index is 0.155. The molecule has 19 heavy (non-hydrogen) atoms. The highest BCUT2D eigenvalue weighted by molar-refractivity contribution is 5.72. The van der Waals surface area contributed by atoms with Crippen LogP contribution in [-0.2, 0) is 6.42 Å². The Hall–Kier alpha value is -1.50. The van der Waals surface area contributed by atoms with Gasteiger partial charge in [-0.3, -0.25) is 4.79 Å². The molecule has 4 N–H and O–H groups in total. The van der Waals surface area contributed by atoms with E-state index >= 15 is 0 Å². The molecule has 6 nitrogen and oxygen atoms in total. The number of nitrogens with one attached hydrogen (secondary N) is 1. The third-order valence-corrected chi connectivity index (χ3v) is 4.18. The van der Waals surface area contributed by atoms with Crippen LogP contribution < -0.4 is 5.56 Å². The smallest absolute Gasteiger partial charge is 0.254 e. The standard InChI is InChI=1S/C13H16N2O4/c16-4-6-3-9(12(18)11(6)17)7-1-2-8-10(7)14-5-15-13(8)19/h1,5-6,9,11-12,16-18H,2-4H2,(H,14,15,19). The average molecular weight is 264 g/mol. The zero-order valence-corrected chi connectivity index (χ0v) is 10.3. The maximum absolute atomic E-state index is 11.7. The molecule has 0 saturated heterocycles. The highest BCUT2D eigenvalue weighted by Gasteiger charge is 2.44. The predicted octanol–water partition coefficient (Wildman–Crippen LogP) is -0.940. The molecule has 0 amide bonds. The van der Waals surface area contributed by atoms with Crippen molar-refractivity contribution < 1.29 is 15.3 Å². The van der Waals surface area contributed by atoms with Crippen LogP contribution in [0, 0.1) is 11.8 Å². The van der Waals surface area contributed by atoms with E-state index in [2.05, 4.69) is 9.97 Å². The highest BCUT2D eigenvalue weighted by atomic mass is 16.3. The van der Waals surface area contributed by atoms with Gasteiger partial charge in [0.05, 0.1) is 24.2 Å². The zero-order chi connectivity index (χ0) is 13.6. The van der Waals surface area contributed by atoms with Gasteiger partial charge < -0.3 is 20.3 Å². The van der Waals surface area contributed by atoms with E-state index in [1.165, 1.54) is 6.33 Å². The molecule has 0 bridgehead atoms. The van der Waals surface area contributed by atoms with Gasteiger partial charge in [-0.2, -0.15) is 0 Å². The van der Waals surface area contributed by atoms with E-state index < -0.39 is 12.2 Å². The fourth-order valence-electron chi connectivity index (χ4n) is 3.12. The quantitative estimate of drug-likeness (QED) is 0.551. The molecule has 1 aromatic heterocycles. The third kappa shape index (κ3) is 1.83. The van der Waals surface area contributed by atoms with Crippen LogP contribution in [0.5, 0.6) is 0 Å². The number of hydrogen-bond acceptors (Lipinski definition) is 5. The number of nitrogens with zero attached hydrogens (tertiary/aromatic N) is 1. The van der Waals surface area contributed by atoms with Crippen LogP contribution in [0.2, 0.25) is 0 Å². The Morgan fingerprint density at radius 2 is 2.16 bits per heavy atom. The number of aromatic amines is 1. The Morgan fingerprint density at radius 1 is 1.37 bits per heavy atom. The van der Waals surface area contributed by atoms with Crippen LogP contribution in [0.4, 0.5) is 0 Å². The Morgan fingerprint density at radius 3 is 2.84 bits per heavy atom. The molecule has 0 aliphatic heterocycles. The lowest BCUT2D eigenvalue weighted by molar-refractivity contribution is 0.000273. The van der Waals surface area contributed by atoms with Crippen molar-refractivity contribution in [3.8, 4) is 0 Å². The molecule has 4 unspecified atom stereocenters. The number of hydrogen-bond donors (Lipinski definition) is 4. The summed E-state index contributed by atoms with van der Waals surface area (Å²) < 4.78 is 0. The molecule has 1 heterocycles. The molecule has 1 fully saturated rings. The van der Waals surface area contributed by atoms with E-state index in [9.17, 15) is 20.1 Å². The molecular weight excluding hydrogens is 248 g/mol. The summed E-state index contributed by atoms with van der Waals surface area (Å²) in [6.45, 7) is -0.155. The van der Waals surface area contributed by atoms with E-state index in [0.717, 1.165) is 5.57 Å². The van der Waals surface area contributed by atoms with E-state index in [-0.39, 0.29) is 24.0 Å². The lowest BCUT2D eigenvalue weighted by Crippen LogP contribution is -2.29. The zero-order valence-electron chi connectivity index (χ0n) is 10.3. The van der Waals surface area contributed by atoms with Crippen LogP contribution in [0.15, 0.2) is 17.2 Å². The molecule has 102 valence electrons. The second-order valence-corrected chi connectivity index (χ2v) is 5.19. The number of aromatic nitrogens is 2. The summed E-state index contributed by atoms with van der Waals surface area (Å²) >= 11 is 0. The molecule has 1 aromatic rings. The third-order valence-electron chi connectivity index (χ3n) is 4.18. The van der Waals surface area contributed by atoms with Crippen molar-refractivity contribution in [2.75, 3.05) is 6.61 Å². The summed E-state index contributed by atoms with van der Waals surface area (Å²) in [6.07, 6.45) is 2.38. The van der Waals surface area contributed by atoms with Gasteiger partial charge in [-0.05, 0) is 18.4 Å². The predicted molar refractivity (Wildman–Crippen MR) is 67.2 cm³/mol. The molecule has 0 spiro atoms. The van der Waals surface area contributed by atoms with Crippen LogP contribution in [0.1, 0.15) is 17.7 Å². The van der Waals surface area contributed by atoms with E-state index in [4.69, 9.17) is 0 Å². The molecule has 3 rings (SSSR count). The van der Waals surface area contributed by atoms with Crippen molar-refractivity contribution in [2.45, 2.75) is 25.0 Å². The topological polar surface area (TPSA) is 106 Å². The lowest BCUT2D eigenvalue weighted by atomic mass is 9.93. The van der Waals surface area contributed by atoms with E-state index in [0.29, 0.717) is 24.1 Å². The summed E-state index contributed by atoms with van der Waals surface area (Å²) in [5, 5.41) is 29.2. The van der Waals surface area contributed by atoms with Crippen molar-refractivity contribution >= 4 is 5.57 Å². The normalized spacial score (nSPS) is 33.3. The Kier molecular flexibility index (Phi) is 3.00. The van der Waals surface area contributed by atoms with Gasteiger partial charge in [0.2, 0.25) is 0 Å². The van der Waals surface area contributed by atoms with Gasteiger partial charge in [0, 0.05) is 24.0 Å². The minimum atomic E-state index is -0.929. The first kappa shape index (κ1) is 12.5. The van der Waals surface area contributed by atoms with Gasteiger partial charge in [0.1, 0.15) is 0 Å². The second kappa shape index (κ2) is 4.56. The van der Waals surface area contributed by atoms with E-state index in [1.807, 2.05) is 6.08 Å². The lowest BCUT2D eigenvalue weighted by Gasteiger charge is -2.18. The number of fused-ring (bicyclic) bond motifs is 1. The number of aliphatic hydroxyl groups is 3. The first-order valence-corrected chi connectivity index (χ1v) is 6.37. The number of allylic oxidation sites excluding steroid dienone is 1. The SMILES string of the molecule is O=c1[nH]cnc2c1CC=C2C1CC(CO)C(O)C1O. The molecular formula is C13H16N2O4. The molecule has 0 aromatic carbocycles. The molecule has 2 aliphatic carbocycles. The molecule has 2 aliphatic rings. The first-order chi connectivity index (χ1) is 9.13.